The Bertz CT molecular complexity index is 1140. The van der Waals surface area contributed by atoms with E-state index in [-0.39, 0.29) is 23.7 Å². The van der Waals surface area contributed by atoms with Crippen LogP contribution in [0, 0.1) is 0 Å². The first-order valence-electron chi connectivity index (χ1n) is 10.7. The summed E-state index contributed by atoms with van der Waals surface area (Å²) in [6, 6.07) is 17.6. The Balaban J connectivity index is 1.34. The summed E-state index contributed by atoms with van der Waals surface area (Å²) in [5, 5.41) is 2.93. The molecule has 2 heterocycles. The van der Waals surface area contributed by atoms with Crippen LogP contribution in [0.5, 0.6) is 5.75 Å². The van der Waals surface area contributed by atoms with Crippen molar-refractivity contribution in [3.8, 4) is 5.75 Å². The molecule has 0 saturated carbocycles. The average molecular weight is 433 g/mol. The minimum Gasteiger partial charge on any atom is -0.482 e. The van der Waals surface area contributed by atoms with Crippen LogP contribution in [0.1, 0.15) is 48.8 Å². The summed E-state index contributed by atoms with van der Waals surface area (Å²) in [4.78, 5) is 26.1. The van der Waals surface area contributed by atoms with Crippen molar-refractivity contribution in [2.45, 2.75) is 52.6 Å². The first-order valence-corrected chi connectivity index (χ1v) is 10.7. The molecule has 0 fully saturated rings. The normalized spacial score (nSPS) is 13.6. The van der Waals surface area contributed by atoms with E-state index < -0.39 is 5.54 Å². The molecule has 0 saturated heterocycles. The lowest BCUT2D eigenvalue weighted by Crippen LogP contribution is -2.39. The zero-order valence-corrected chi connectivity index (χ0v) is 18.7. The van der Waals surface area contributed by atoms with Crippen LogP contribution in [0.4, 0.5) is 0 Å². The van der Waals surface area contributed by atoms with Gasteiger partial charge < -0.3 is 14.5 Å². The molecular formula is C26H28N2O4. The van der Waals surface area contributed by atoms with Crippen molar-refractivity contribution in [3.05, 3.63) is 99.1 Å². The molecule has 0 unspecified atom stereocenters. The van der Waals surface area contributed by atoms with Gasteiger partial charge in [0.25, 0.3) is 0 Å². The highest BCUT2D eigenvalue weighted by atomic mass is 16.5. The van der Waals surface area contributed by atoms with Crippen molar-refractivity contribution in [1.29, 1.82) is 0 Å². The van der Waals surface area contributed by atoms with Crippen molar-refractivity contribution < 1.29 is 13.9 Å². The lowest BCUT2D eigenvalue weighted by Gasteiger charge is -2.26. The molecule has 3 aromatic rings. The van der Waals surface area contributed by atoms with Gasteiger partial charge in [0.1, 0.15) is 18.6 Å². The summed E-state index contributed by atoms with van der Waals surface area (Å²) in [6.07, 6.45) is 1.40. The van der Waals surface area contributed by atoms with E-state index in [2.05, 4.69) is 22.3 Å². The number of benzene rings is 2. The number of ether oxygens (including phenoxy) is 1. The molecule has 1 aliphatic rings. The molecule has 1 aromatic heterocycles. The molecule has 0 bridgehead atoms. The largest absolute Gasteiger partial charge is 0.482 e. The smallest absolute Gasteiger partial charge is 0.227 e. The van der Waals surface area contributed by atoms with E-state index >= 15 is 0 Å². The Kier molecular flexibility index (Phi) is 6.15. The van der Waals surface area contributed by atoms with E-state index in [1.54, 1.807) is 0 Å². The molecule has 0 aliphatic carbocycles. The van der Waals surface area contributed by atoms with Gasteiger partial charge in [-0.2, -0.15) is 0 Å². The molecule has 6 nitrogen and oxygen atoms in total. The monoisotopic (exact) mass is 432 g/mol. The zero-order chi connectivity index (χ0) is 22.7. The van der Waals surface area contributed by atoms with Crippen LogP contribution in [0.2, 0.25) is 0 Å². The SMILES string of the molecule is CC(=O)NC(C)(C)c1ccc(COc2coc(CN3Cc4ccccc4C3)cc2=O)cc1. The summed E-state index contributed by atoms with van der Waals surface area (Å²) in [5.41, 5.74) is 3.91. The quantitative estimate of drug-likeness (QED) is 0.609. The molecule has 1 amide bonds. The van der Waals surface area contributed by atoms with Crippen LogP contribution >= 0.6 is 0 Å². The number of amides is 1. The number of fused-ring (bicyclic) bond motifs is 1. The van der Waals surface area contributed by atoms with E-state index in [1.807, 2.05) is 50.2 Å². The van der Waals surface area contributed by atoms with Crippen LogP contribution in [-0.4, -0.2) is 10.8 Å². The third kappa shape index (κ3) is 5.08. The molecule has 0 spiro atoms. The lowest BCUT2D eigenvalue weighted by atomic mass is 9.93. The third-order valence-corrected chi connectivity index (χ3v) is 5.70. The summed E-state index contributed by atoms with van der Waals surface area (Å²) in [5.74, 6) is 0.743. The minimum absolute atomic E-state index is 0.0770. The van der Waals surface area contributed by atoms with Crippen LogP contribution < -0.4 is 15.5 Å². The molecule has 1 N–H and O–H groups in total. The standard InChI is InChI=1S/C26H28N2O4/c1-18(29)27-26(2,3)22-10-8-19(9-11-22)16-32-25-17-31-23(12-24(25)30)15-28-13-20-6-4-5-7-21(20)14-28/h4-12,17H,13-16H2,1-3H3,(H,27,29). The molecule has 0 atom stereocenters. The predicted molar refractivity (Wildman–Crippen MR) is 122 cm³/mol. The maximum Gasteiger partial charge on any atom is 0.227 e. The molecule has 166 valence electrons. The number of nitrogens with zero attached hydrogens (tertiary/aromatic N) is 1. The van der Waals surface area contributed by atoms with E-state index in [4.69, 9.17) is 9.15 Å². The van der Waals surface area contributed by atoms with Gasteiger partial charge >= 0.3 is 0 Å². The zero-order valence-electron chi connectivity index (χ0n) is 18.7. The van der Waals surface area contributed by atoms with Gasteiger partial charge in [-0.3, -0.25) is 14.5 Å². The molecule has 2 aromatic carbocycles. The maximum atomic E-state index is 12.5. The molecular weight excluding hydrogens is 404 g/mol. The van der Waals surface area contributed by atoms with Gasteiger partial charge in [0.05, 0.1) is 12.1 Å². The Morgan fingerprint density at radius 2 is 1.75 bits per heavy atom. The van der Waals surface area contributed by atoms with Gasteiger partial charge in [0, 0.05) is 26.1 Å². The molecule has 1 aliphatic heterocycles. The van der Waals surface area contributed by atoms with Crippen LogP contribution in [-0.2, 0) is 36.6 Å². The topological polar surface area (TPSA) is 71.8 Å². The highest BCUT2D eigenvalue weighted by Gasteiger charge is 2.21. The Morgan fingerprint density at radius 1 is 1.09 bits per heavy atom. The van der Waals surface area contributed by atoms with E-state index in [9.17, 15) is 9.59 Å². The fourth-order valence-corrected chi connectivity index (χ4v) is 4.05. The first kappa shape index (κ1) is 21.8. The fourth-order valence-electron chi connectivity index (χ4n) is 4.05. The van der Waals surface area contributed by atoms with Gasteiger partial charge in [-0.25, -0.2) is 0 Å². The summed E-state index contributed by atoms with van der Waals surface area (Å²) in [7, 11) is 0. The second kappa shape index (κ2) is 9.01. The summed E-state index contributed by atoms with van der Waals surface area (Å²) in [6.45, 7) is 7.95. The second-order valence-corrected chi connectivity index (χ2v) is 8.78. The predicted octanol–water partition coefficient (Wildman–Crippen LogP) is 4.11. The molecule has 4 rings (SSSR count). The van der Waals surface area contributed by atoms with Crippen molar-refractivity contribution in [2.75, 3.05) is 0 Å². The summed E-state index contributed by atoms with van der Waals surface area (Å²) >= 11 is 0. The van der Waals surface area contributed by atoms with Crippen molar-refractivity contribution >= 4 is 5.91 Å². The summed E-state index contributed by atoms with van der Waals surface area (Å²) < 4.78 is 11.4. The maximum absolute atomic E-state index is 12.5. The Hall–Kier alpha value is -3.38. The molecule has 0 radical (unpaired) electrons. The highest BCUT2D eigenvalue weighted by Crippen LogP contribution is 2.24. The number of carbonyl (C=O) groups is 1. The van der Waals surface area contributed by atoms with E-state index in [0.29, 0.717) is 12.3 Å². The van der Waals surface area contributed by atoms with E-state index in [1.165, 1.54) is 30.4 Å². The Morgan fingerprint density at radius 3 is 2.34 bits per heavy atom. The fraction of sp³-hybridized carbons (Fsp3) is 0.308. The Labute approximate surface area is 187 Å². The van der Waals surface area contributed by atoms with Gasteiger partial charge in [-0.1, -0.05) is 48.5 Å². The third-order valence-electron chi connectivity index (χ3n) is 5.70. The van der Waals surface area contributed by atoms with Crippen molar-refractivity contribution in [2.24, 2.45) is 0 Å². The van der Waals surface area contributed by atoms with Crippen molar-refractivity contribution in [3.63, 3.8) is 0 Å². The van der Waals surface area contributed by atoms with Crippen LogP contribution in [0.15, 0.2) is 70.1 Å². The van der Waals surface area contributed by atoms with E-state index in [0.717, 1.165) is 24.2 Å². The average Bonchev–Trinajstić information content (AvgIpc) is 3.15. The second-order valence-electron chi connectivity index (χ2n) is 8.78. The lowest BCUT2D eigenvalue weighted by molar-refractivity contribution is -0.120. The van der Waals surface area contributed by atoms with Gasteiger partial charge in [-0.15, -0.1) is 0 Å². The molecule has 6 heteroatoms. The number of hydrogen-bond donors (Lipinski definition) is 1. The number of carbonyl (C=O) groups excluding carboxylic acids is 1. The van der Waals surface area contributed by atoms with Gasteiger partial charge in [0.2, 0.25) is 17.1 Å². The number of hydrogen-bond acceptors (Lipinski definition) is 5. The van der Waals surface area contributed by atoms with Crippen molar-refractivity contribution in [1.82, 2.24) is 10.2 Å². The molecule has 32 heavy (non-hydrogen) atoms. The number of nitrogens with one attached hydrogen (secondary N) is 1. The van der Waals surface area contributed by atoms with Crippen LogP contribution in [0.25, 0.3) is 0 Å². The number of rotatable bonds is 7. The minimum atomic E-state index is -0.459. The first-order chi connectivity index (χ1) is 15.3. The van der Waals surface area contributed by atoms with Crippen LogP contribution in [0.3, 0.4) is 0 Å². The highest BCUT2D eigenvalue weighted by molar-refractivity contribution is 5.74. The van der Waals surface area contributed by atoms with Gasteiger partial charge in [0.15, 0.2) is 0 Å². The van der Waals surface area contributed by atoms with Gasteiger partial charge in [-0.05, 0) is 36.1 Å².